The van der Waals surface area contributed by atoms with E-state index < -0.39 is 11.5 Å². The van der Waals surface area contributed by atoms with Crippen molar-refractivity contribution in [3.63, 3.8) is 0 Å². The zero-order valence-corrected chi connectivity index (χ0v) is 17.2. The molecule has 0 aliphatic carbocycles. The van der Waals surface area contributed by atoms with Crippen LogP contribution in [0.4, 0.5) is 0 Å². The number of fused-ring (bicyclic) bond motifs is 1. The largest absolute Gasteiger partial charge is 0.480 e. The number of carboxylic acid groups (broad SMARTS) is 1. The predicted octanol–water partition coefficient (Wildman–Crippen LogP) is 4.92. The summed E-state index contributed by atoms with van der Waals surface area (Å²) in [6, 6.07) is 19.2. The van der Waals surface area contributed by atoms with E-state index in [4.69, 9.17) is 4.98 Å². The van der Waals surface area contributed by atoms with Crippen molar-refractivity contribution < 1.29 is 9.90 Å². The van der Waals surface area contributed by atoms with Gasteiger partial charge in [-0.15, -0.1) is 11.3 Å². The van der Waals surface area contributed by atoms with Gasteiger partial charge in [0.2, 0.25) is 0 Å². The standard InChI is InChI=1S/C23H20N2O3S/c1-14-9-11-16(12-10-14)19-24-20-17(21(26)25(19)23(2,3)22(27)28)13-18(29-20)15-7-5-4-6-8-15/h4-13H,1-3H3,(H,27,28). The van der Waals surface area contributed by atoms with Crippen LogP contribution < -0.4 is 5.56 Å². The average Bonchev–Trinajstić information content (AvgIpc) is 3.13. The van der Waals surface area contributed by atoms with Gasteiger partial charge in [-0.25, -0.2) is 9.78 Å². The third-order valence-corrected chi connectivity index (χ3v) is 6.09. The molecule has 0 saturated heterocycles. The summed E-state index contributed by atoms with van der Waals surface area (Å²) in [5.41, 5.74) is 0.974. The second-order valence-electron chi connectivity index (χ2n) is 7.50. The molecule has 2 heterocycles. The van der Waals surface area contributed by atoms with Gasteiger partial charge < -0.3 is 5.11 Å². The van der Waals surface area contributed by atoms with Crippen molar-refractivity contribution in [1.82, 2.24) is 9.55 Å². The Balaban J connectivity index is 2.05. The Kier molecular flexibility index (Phi) is 4.59. The first-order chi connectivity index (χ1) is 13.8. The third-order valence-electron chi connectivity index (χ3n) is 5.02. The van der Waals surface area contributed by atoms with E-state index in [1.54, 1.807) is 6.07 Å². The van der Waals surface area contributed by atoms with Crippen LogP contribution in [0, 0.1) is 6.92 Å². The van der Waals surface area contributed by atoms with E-state index >= 15 is 0 Å². The molecule has 0 atom stereocenters. The highest BCUT2D eigenvalue weighted by Gasteiger charge is 2.34. The molecule has 0 radical (unpaired) electrons. The van der Waals surface area contributed by atoms with E-state index in [0.29, 0.717) is 21.6 Å². The van der Waals surface area contributed by atoms with E-state index in [0.717, 1.165) is 16.0 Å². The van der Waals surface area contributed by atoms with Gasteiger partial charge in [-0.3, -0.25) is 9.36 Å². The number of rotatable bonds is 4. The van der Waals surface area contributed by atoms with Crippen LogP contribution in [-0.4, -0.2) is 20.6 Å². The summed E-state index contributed by atoms with van der Waals surface area (Å²) < 4.78 is 1.30. The van der Waals surface area contributed by atoms with Gasteiger partial charge in [0.05, 0.1) is 5.39 Å². The molecule has 4 aromatic rings. The molecule has 0 unspecified atom stereocenters. The topological polar surface area (TPSA) is 72.2 Å². The first-order valence-corrected chi connectivity index (χ1v) is 10.0. The molecule has 0 spiro atoms. The Hall–Kier alpha value is -3.25. The van der Waals surface area contributed by atoms with Crippen molar-refractivity contribution >= 4 is 27.5 Å². The molecule has 0 bridgehead atoms. The molecule has 0 aliphatic heterocycles. The lowest BCUT2D eigenvalue weighted by Gasteiger charge is -2.25. The number of aliphatic carboxylic acids is 1. The maximum absolute atomic E-state index is 13.5. The summed E-state index contributed by atoms with van der Waals surface area (Å²) in [6.07, 6.45) is 0. The van der Waals surface area contributed by atoms with Crippen LogP contribution in [0.1, 0.15) is 19.4 Å². The van der Waals surface area contributed by atoms with Gasteiger partial charge in [-0.2, -0.15) is 0 Å². The summed E-state index contributed by atoms with van der Waals surface area (Å²) in [5.74, 6) is -0.732. The van der Waals surface area contributed by atoms with Crippen LogP contribution in [0.15, 0.2) is 65.5 Å². The maximum Gasteiger partial charge on any atom is 0.329 e. The molecular formula is C23H20N2O3S. The number of thiophene rings is 1. The van der Waals surface area contributed by atoms with Crippen LogP contribution >= 0.6 is 11.3 Å². The molecule has 5 nitrogen and oxygen atoms in total. The minimum absolute atomic E-state index is 0.351. The SMILES string of the molecule is Cc1ccc(-c2nc3sc(-c4ccccc4)cc3c(=O)n2C(C)(C)C(=O)O)cc1. The summed E-state index contributed by atoms with van der Waals surface area (Å²) in [5, 5.41) is 10.2. The van der Waals surface area contributed by atoms with Crippen molar-refractivity contribution in [2.24, 2.45) is 0 Å². The highest BCUT2D eigenvalue weighted by atomic mass is 32.1. The van der Waals surface area contributed by atoms with Gasteiger partial charge >= 0.3 is 5.97 Å². The summed E-state index contributed by atoms with van der Waals surface area (Å²) in [4.78, 5) is 31.7. The van der Waals surface area contributed by atoms with Crippen molar-refractivity contribution in [2.75, 3.05) is 0 Å². The smallest absolute Gasteiger partial charge is 0.329 e. The molecule has 0 fully saturated rings. The summed E-state index contributed by atoms with van der Waals surface area (Å²) in [6.45, 7) is 5.01. The Morgan fingerprint density at radius 1 is 1.03 bits per heavy atom. The van der Waals surface area contributed by atoms with Gasteiger partial charge in [-0.05, 0) is 32.4 Å². The highest BCUT2D eigenvalue weighted by molar-refractivity contribution is 7.21. The fourth-order valence-electron chi connectivity index (χ4n) is 3.24. The number of hydrogen-bond acceptors (Lipinski definition) is 4. The normalized spacial score (nSPS) is 11.7. The lowest BCUT2D eigenvalue weighted by atomic mass is 10.0. The van der Waals surface area contributed by atoms with Crippen LogP contribution in [-0.2, 0) is 10.3 Å². The fraction of sp³-hybridized carbons (Fsp3) is 0.174. The Morgan fingerprint density at radius 3 is 2.31 bits per heavy atom. The number of aromatic nitrogens is 2. The number of carbonyl (C=O) groups is 1. The number of carboxylic acids is 1. The molecule has 1 N–H and O–H groups in total. The highest BCUT2D eigenvalue weighted by Crippen LogP contribution is 2.33. The molecule has 0 amide bonds. The fourth-order valence-corrected chi connectivity index (χ4v) is 4.26. The first kappa shape index (κ1) is 19.1. The van der Waals surface area contributed by atoms with Crippen LogP contribution in [0.2, 0.25) is 0 Å². The number of hydrogen-bond donors (Lipinski definition) is 1. The molecule has 29 heavy (non-hydrogen) atoms. The van der Waals surface area contributed by atoms with Gasteiger partial charge in [-0.1, -0.05) is 60.2 Å². The monoisotopic (exact) mass is 404 g/mol. The summed E-state index contributed by atoms with van der Waals surface area (Å²) in [7, 11) is 0. The zero-order valence-electron chi connectivity index (χ0n) is 16.3. The number of aryl methyl sites for hydroxylation is 1. The van der Waals surface area contributed by atoms with Crippen molar-refractivity contribution in [3.8, 4) is 21.8 Å². The molecule has 0 aliphatic rings. The quantitative estimate of drug-likeness (QED) is 0.524. The zero-order chi connectivity index (χ0) is 20.8. The molecule has 0 saturated carbocycles. The van der Waals surface area contributed by atoms with Gasteiger partial charge in [0.1, 0.15) is 16.2 Å². The third kappa shape index (κ3) is 3.25. The molecule has 2 aromatic carbocycles. The van der Waals surface area contributed by atoms with Crippen molar-refractivity contribution in [2.45, 2.75) is 26.3 Å². The van der Waals surface area contributed by atoms with Gasteiger partial charge in [0.15, 0.2) is 0 Å². The molecule has 4 rings (SSSR count). The number of nitrogens with zero attached hydrogens (tertiary/aromatic N) is 2. The minimum atomic E-state index is -1.45. The van der Waals surface area contributed by atoms with E-state index in [-0.39, 0.29) is 5.56 Å². The Morgan fingerprint density at radius 2 is 1.69 bits per heavy atom. The first-order valence-electron chi connectivity index (χ1n) is 9.22. The van der Waals surface area contributed by atoms with Crippen molar-refractivity contribution in [1.29, 1.82) is 0 Å². The summed E-state index contributed by atoms with van der Waals surface area (Å²) >= 11 is 1.43. The Bertz CT molecular complexity index is 1270. The van der Waals surface area contributed by atoms with Crippen LogP contribution in [0.25, 0.3) is 32.0 Å². The van der Waals surface area contributed by atoms with Gasteiger partial charge in [0.25, 0.3) is 5.56 Å². The van der Waals surface area contributed by atoms with Crippen LogP contribution in [0.3, 0.4) is 0 Å². The minimum Gasteiger partial charge on any atom is -0.480 e. The molecule has 6 heteroatoms. The van der Waals surface area contributed by atoms with Gasteiger partial charge in [0, 0.05) is 10.4 Å². The molecule has 2 aromatic heterocycles. The maximum atomic E-state index is 13.5. The lowest BCUT2D eigenvalue weighted by molar-refractivity contribution is -0.145. The molecular weight excluding hydrogens is 384 g/mol. The van der Waals surface area contributed by atoms with E-state index in [9.17, 15) is 14.7 Å². The number of benzene rings is 2. The lowest BCUT2D eigenvalue weighted by Crippen LogP contribution is -2.43. The van der Waals surface area contributed by atoms with E-state index in [1.807, 2.05) is 61.5 Å². The van der Waals surface area contributed by atoms with E-state index in [2.05, 4.69) is 0 Å². The van der Waals surface area contributed by atoms with Crippen LogP contribution in [0.5, 0.6) is 0 Å². The second kappa shape index (κ2) is 6.97. The molecule has 146 valence electrons. The second-order valence-corrected chi connectivity index (χ2v) is 8.53. The Labute approximate surface area is 171 Å². The van der Waals surface area contributed by atoms with E-state index in [1.165, 1.54) is 29.8 Å². The predicted molar refractivity (Wildman–Crippen MR) is 116 cm³/mol. The average molecular weight is 404 g/mol. The van der Waals surface area contributed by atoms with Crippen molar-refractivity contribution in [3.05, 3.63) is 76.6 Å².